The highest BCUT2D eigenvalue weighted by Gasteiger charge is 2.33. The van der Waals surface area contributed by atoms with Gasteiger partial charge in [0.2, 0.25) is 0 Å². The lowest BCUT2D eigenvalue weighted by Gasteiger charge is -2.17. The van der Waals surface area contributed by atoms with Crippen molar-refractivity contribution >= 4 is 17.6 Å². The summed E-state index contributed by atoms with van der Waals surface area (Å²) in [5, 5.41) is 30.4. The molecule has 7 heteroatoms. The van der Waals surface area contributed by atoms with Gasteiger partial charge in [0.15, 0.2) is 5.78 Å². The summed E-state index contributed by atoms with van der Waals surface area (Å²) in [6.07, 6.45) is -0.816. The highest BCUT2D eigenvalue weighted by Crippen LogP contribution is 2.38. The molecule has 0 saturated heterocycles. The SMILES string of the molecule is CCC(C(=O)O)C(=O)c1ccc2c(c1)C(O)NC2c1ccccc1C(=N)N. The second-order valence-corrected chi connectivity index (χ2v) is 6.51. The Balaban J connectivity index is 2.02. The van der Waals surface area contributed by atoms with Crippen LogP contribution in [0, 0.1) is 11.3 Å². The van der Waals surface area contributed by atoms with Gasteiger partial charge in [-0.3, -0.25) is 20.3 Å². The van der Waals surface area contributed by atoms with Gasteiger partial charge in [-0.1, -0.05) is 43.3 Å². The van der Waals surface area contributed by atoms with E-state index >= 15 is 0 Å². The van der Waals surface area contributed by atoms with E-state index in [1.54, 1.807) is 31.2 Å². The number of rotatable bonds is 6. The minimum absolute atomic E-state index is 0.0746. The molecule has 1 heterocycles. The zero-order valence-corrected chi connectivity index (χ0v) is 14.8. The lowest BCUT2D eigenvalue weighted by atomic mass is 9.90. The normalized spacial score (nSPS) is 19.3. The lowest BCUT2D eigenvalue weighted by molar-refractivity contribution is -0.140. The minimum Gasteiger partial charge on any atom is -0.481 e. The van der Waals surface area contributed by atoms with Crippen LogP contribution >= 0.6 is 0 Å². The number of Topliss-reactive ketones (excluding diaryl/α,β-unsaturated/α-hetero) is 1. The molecule has 3 unspecified atom stereocenters. The van der Waals surface area contributed by atoms with E-state index in [1.165, 1.54) is 6.07 Å². The third kappa shape index (κ3) is 3.34. The minimum atomic E-state index is -1.16. The molecule has 0 bridgehead atoms. The predicted octanol–water partition coefficient (Wildman–Crippen LogP) is 1.95. The second kappa shape index (κ2) is 7.30. The fourth-order valence-electron chi connectivity index (χ4n) is 3.49. The van der Waals surface area contributed by atoms with Gasteiger partial charge in [0.1, 0.15) is 18.0 Å². The number of aliphatic hydroxyl groups is 1. The van der Waals surface area contributed by atoms with E-state index in [9.17, 15) is 19.8 Å². The van der Waals surface area contributed by atoms with Crippen LogP contribution in [-0.2, 0) is 4.79 Å². The number of hydrogen-bond donors (Lipinski definition) is 5. The van der Waals surface area contributed by atoms with E-state index < -0.39 is 23.9 Å². The maximum atomic E-state index is 12.5. The predicted molar refractivity (Wildman–Crippen MR) is 99.6 cm³/mol. The molecule has 2 aromatic rings. The number of benzene rings is 2. The van der Waals surface area contributed by atoms with Gasteiger partial charge in [-0.25, -0.2) is 0 Å². The van der Waals surface area contributed by atoms with Crippen LogP contribution in [0.3, 0.4) is 0 Å². The number of amidine groups is 1. The smallest absolute Gasteiger partial charge is 0.314 e. The van der Waals surface area contributed by atoms with E-state index in [0.29, 0.717) is 11.1 Å². The number of carbonyl (C=O) groups excluding carboxylic acids is 1. The maximum absolute atomic E-state index is 12.5. The summed E-state index contributed by atoms with van der Waals surface area (Å²) in [6.45, 7) is 1.65. The zero-order chi connectivity index (χ0) is 19.7. The van der Waals surface area contributed by atoms with Crippen molar-refractivity contribution in [2.45, 2.75) is 25.6 Å². The van der Waals surface area contributed by atoms with Crippen LogP contribution in [0.1, 0.15) is 58.2 Å². The van der Waals surface area contributed by atoms with Gasteiger partial charge in [-0.05, 0) is 23.6 Å². The van der Waals surface area contributed by atoms with Gasteiger partial charge in [0, 0.05) is 16.7 Å². The van der Waals surface area contributed by atoms with Crippen molar-refractivity contribution in [3.8, 4) is 0 Å². The molecule has 7 nitrogen and oxygen atoms in total. The Morgan fingerprint density at radius 1 is 1.19 bits per heavy atom. The summed E-state index contributed by atoms with van der Waals surface area (Å²) in [6, 6.07) is 11.6. The van der Waals surface area contributed by atoms with Crippen molar-refractivity contribution in [1.29, 1.82) is 5.41 Å². The highest BCUT2D eigenvalue weighted by atomic mass is 16.4. The number of carboxylic acids is 1. The van der Waals surface area contributed by atoms with E-state index in [0.717, 1.165) is 11.1 Å². The molecule has 6 N–H and O–H groups in total. The van der Waals surface area contributed by atoms with Crippen molar-refractivity contribution < 1.29 is 19.8 Å². The number of nitrogens with two attached hydrogens (primary N) is 1. The van der Waals surface area contributed by atoms with Gasteiger partial charge < -0.3 is 15.9 Å². The van der Waals surface area contributed by atoms with Crippen LogP contribution in [0.5, 0.6) is 0 Å². The van der Waals surface area contributed by atoms with Gasteiger partial charge in [0.05, 0.1) is 6.04 Å². The largest absolute Gasteiger partial charge is 0.481 e. The molecule has 2 aromatic carbocycles. The monoisotopic (exact) mass is 367 g/mol. The number of aliphatic carboxylic acids is 1. The Hall–Kier alpha value is -3.03. The van der Waals surface area contributed by atoms with Crippen LogP contribution < -0.4 is 11.1 Å². The molecule has 0 aliphatic carbocycles. The third-order valence-corrected chi connectivity index (χ3v) is 4.89. The number of nitrogen functional groups attached to an aromatic ring is 1. The first-order valence-corrected chi connectivity index (χ1v) is 8.63. The van der Waals surface area contributed by atoms with Crippen molar-refractivity contribution in [3.05, 3.63) is 70.3 Å². The molecule has 0 radical (unpaired) electrons. The van der Waals surface area contributed by atoms with E-state index in [4.69, 9.17) is 11.1 Å². The molecule has 0 spiro atoms. The second-order valence-electron chi connectivity index (χ2n) is 6.51. The molecule has 0 fully saturated rings. The fourth-order valence-corrected chi connectivity index (χ4v) is 3.49. The van der Waals surface area contributed by atoms with E-state index in [2.05, 4.69) is 5.32 Å². The van der Waals surface area contributed by atoms with Gasteiger partial charge in [-0.2, -0.15) is 0 Å². The molecule has 0 saturated carbocycles. The van der Waals surface area contributed by atoms with E-state index in [1.807, 2.05) is 12.1 Å². The number of hydrogen-bond acceptors (Lipinski definition) is 5. The van der Waals surface area contributed by atoms with Crippen LogP contribution in [0.2, 0.25) is 0 Å². The molecule has 0 amide bonds. The van der Waals surface area contributed by atoms with Crippen molar-refractivity contribution in [2.24, 2.45) is 11.7 Å². The first-order valence-electron chi connectivity index (χ1n) is 8.63. The Kier molecular flexibility index (Phi) is 5.07. The Morgan fingerprint density at radius 3 is 2.52 bits per heavy atom. The number of ketones is 1. The number of nitrogens with one attached hydrogen (secondary N) is 2. The van der Waals surface area contributed by atoms with Gasteiger partial charge >= 0.3 is 5.97 Å². The van der Waals surface area contributed by atoms with Crippen molar-refractivity contribution in [3.63, 3.8) is 0 Å². The number of aliphatic hydroxyl groups excluding tert-OH is 1. The Labute approximate surface area is 156 Å². The summed E-state index contributed by atoms with van der Waals surface area (Å²) >= 11 is 0. The standard InChI is InChI=1S/C20H21N3O4/c1-2-11(20(26)27)17(24)10-7-8-13-15(9-10)19(25)23-16(13)12-5-3-4-6-14(12)18(21)22/h3-9,11,16,19,23,25H,2H2,1H3,(H3,21,22)(H,26,27). The molecule has 3 atom stereocenters. The molecule has 27 heavy (non-hydrogen) atoms. The topological polar surface area (TPSA) is 136 Å². The van der Waals surface area contributed by atoms with Gasteiger partial charge in [-0.15, -0.1) is 0 Å². The van der Waals surface area contributed by atoms with E-state index in [-0.39, 0.29) is 23.9 Å². The maximum Gasteiger partial charge on any atom is 0.314 e. The fraction of sp³-hybridized carbons (Fsp3) is 0.250. The molecule has 140 valence electrons. The third-order valence-electron chi connectivity index (χ3n) is 4.89. The summed E-state index contributed by atoms with van der Waals surface area (Å²) in [4.78, 5) is 23.8. The molecular formula is C20H21N3O4. The lowest BCUT2D eigenvalue weighted by Crippen LogP contribution is -2.23. The summed E-state index contributed by atoms with van der Waals surface area (Å²) in [5.74, 6) is -2.82. The van der Waals surface area contributed by atoms with Crippen LogP contribution in [0.25, 0.3) is 0 Å². The first-order chi connectivity index (χ1) is 12.8. The summed E-state index contributed by atoms with van der Waals surface area (Å²) < 4.78 is 0. The molecule has 1 aliphatic heterocycles. The Bertz CT molecular complexity index is 925. The quantitative estimate of drug-likeness (QED) is 0.229. The number of carboxylic acid groups (broad SMARTS) is 1. The van der Waals surface area contributed by atoms with Gasteiger partial charge in [0.25, 0.3) is 0 Å². The van der Waals surface area contributed by atoms with Crippen molar-refractivity contribution in [1.82, 2.24) is 5.32 Å². The number of carbonyl (C=O) groups is 2. The average Bonchev–Trinajstić information content (AvgIpc) is 2.98. The molecular weight excluding hydrogens is 346 g/mol. The molecule has 0 aromatic heterocycles. The zero-order valence-electron chi connectivity index (χ0n) is 14.8. The summed E-state index contributed by atoms with van der Waals surface area (Å²) in [7, 11) is 0. The average molecular weight is 367 g/mol. The first kappa shape index (κ1) is 18.8. The Morgan fingerprint density at radius 2 is 1.89 bits per heavy atom. The molecule has 1 aliphatic rings. The number of fused-ring (bicyclic) bond motifs is 1. The molecule has 3 rings (SSSR count). The van der Waals surface area contributed by atoms with Crippen LogP contribution in [0.15, 0.2) is 42.5 Å². The highest BCUT2D eigenvalue weighted by molar-refractivity contribution is 6.08. The summed E-state index contributed by atoms with van der Waals surface area (Å²) in [5.41, 5.74) is 8.51. The van der Waals surface area contributed by atoms with Crippen LogP contribution in [0.4, 0.5) is 0 Å². The van der Waals surface area contributed by atoms with Crippen LogP contribution in [-0.4, -0.2) is 27.8 Å². The van der Waals surface area contributed by atoms with Crippen molar-refractivity contribution in [2.75, 3.05) is 0 Å².